The smallest absolute Gasteiger partial charge is 0.304 e. The van der Waals surface area contributed by atoms with E-state index in [-0.39, 0.29) is 12.5 Å². The number of amides is 2. The lowest BCUT2D eigenvalue weighted by Crippen LogP contribution is -2.52. The van der Waals surface area contributed by atoms with E-state index in [4.69, 9.17) is 23.2 Å². The number of rotatable bonds is 12. The Balaban J connectivity index is 2.44. The van der Waals surface area contributed by atoms with E-state index >= 15 is 0 Å². The lowest BCUT2D eigenvalue weighted by molar-refractivity contribution is -0.139. The lowest BCUT2D eigenvalue weighted by atomic mass is 10.1. The van der Waals surface area contributed by atoms with Crippen LogP contribution < -0.4 is 9.62 Å². The van der Waals surface area contributed by atoms with Crippen molar-refractivity contribution in [2.45, 2.75) is 39.3 Å². The van der Waals surface area contributed by atoms with Crippen molar-refractivity contribution in [3.8, 4) is 0 Å². The molecular formula is C24H32Cl2N4O4S. The maximum absolute atomic E-state index is 13.6. The number of benzene rings is 2. The van der Waals surface area contributed by atoms with Crippen LogP contribution in [0.3, 0.4) is 0 Å². The van der Waals surface area contributed by atoms with Gasteiger partial charge in [0.05, 0.1) is 5.69 Å². The Morgan fingerprint density at radius 2 is 1.60 bits per heavy atom. The van der Waals surface area contributed by atoms with Crippen LogP contribution in [0.1, 0.15) is 32.3 Å². The molecule has 0 aliphatic rings. The fourth-order valence-corrected chi connectivity index (χ4v) is 4.86. The largest absolute Gasteiger partial charge is 0.354 e. The van der Waals surface area contributed by atoms with Crippen LogP contribution in [0.15, 0.2) is 48.5 Å². The third-order valence-corrected chi connectivity index (χ3v) is 7.98. The molecule has 0 saturated heterocycles. The van der Waals surface area contributed by atoms with Crippen molar-refractivity contribution in [2.24, 2.45) is 0 Å². The standard InChI is InChI=1S/C24H32Cl2N4O4S/c1-5-6-15-27-24(32)18(2)29(16-20-21(25)13-10-14-22(20)26)23(31)17-30(35(33,34)28(3)4)19-11-8-7-9-12-19/h7-14,18H,5-6,15-17H2,1-4H3,(H,27,32). The molecule has 192 valence electrons. The second-order valence-corrected chi connectivity index (χ2v) is 11.1. The van der Waals surface area contributed by atoms with Crippen molar-refractivity contribution in [3.05, 3.63) is 64.1 Å². The minimum Gasteiger partial charge on any atom is -0.354 e. The minimum absolute atomic E-state index is 0.0651. The molecule has 0 aliphatic carbocycles. The molecule has 0 bridgehead atoms. The number of carbonyl (C=O) groups is 2. The normalized spacial score (nSPS) is 12.3. The van der Waals surface area contributed by atoms with E-state index in [0.29, 0.717) is 27.8 Å². The summed E-state index contributed by atoms with van der Waals surface area (Å²) < 4.78 is 28.2. The quantitative estimate of drug-likeness (QED) is 0.411. The fraction of sp³-hybridized carbons (Fsp3) is 0.417. The van der Waals surface area contributed by atoms with Crippen LogP contribution >= 0.6 is 23.2 Å². The van der Waals surface area contributed by atoms with Crippen LogP contribution in [0.2, 0.25) is 10.0 Å². The van der Waals surface area contributed by atoms with E-state index < -0.39 is 28.7 Å². The Morgan fingerprint density at radius 1 is 1.00 bits per heavy atom. The van der Waals surface area contributed by atoms with E-state index in [2.05, 4.69) is 5.32 Å². The topological polar surface area (TPSA) is 90.0 Å². The van der Waals surface area contributed by atoms with Gasteiger partial charge in [-0.05, 0) is 37.6 Å². The van der Waals surface area contributed by atoms with Crippen molar-refractivity contribution in [3.63, 3.8) is 0 Å². The van der Waals surface area contributed by atoms with E-state index in [1.165, 1.54) is 19.0 Å². The summed E-state index contributed by atoms with van der Waals surface area (Å²) in [5.41, 5.74) is 0.796. The first-order valence-electron chi connectivity index (χ1n) is 11.3. The predicted octanol–water partition coefficient (Wildman–Crippen LogP) is 3.94. The Kier molecular flexibility index (Phi) is 10.8. The Hall–Kier alpha value is -2.33. The summed E-state index contributed by atoms with van der Waals surface area (Å²) in [6.07, 6.45) is 1.70. The Bertz CT molecular complexity index is 1090. The van der Waals surface area contributed by atoms with Gasteiger partial charge in [-0.3, -0.25) is 9.59 Å². The lowest BCUT2D eigenvalue weighted by Gasteiger charge is -2.33. The monoisotopic (exact) mass is 542 g/mol. The molecule has 2 aromatic carbocycles. The zero-order valence-electron chi connectivity index (χ0n) is 20.4. The average Bonchev–Trinajstić information content (AvgIpc) is 2.82. The molecule has 8 nitrogen and oxygen atoms in total. The van der Waals surface area contributed by atoms with Crippen LogP contribution in [-0.2, 0) is 26.3 Å². The molecule has 1 N–H and O–H groups in total. The third-order valence-electron chi connectivity index (χ3n) is 5.45. The number of hydrogen-bond acceptors (Lipinski definition) is 4. The summed E-state index contributed by atoms with van der Waals surface area (Å²) in [5.74, 6) is -0.926. The van der Waals surface area contributed by atoms with Gasteiger partial charge >= 0.3 is 10.2 Å². The van der Waals surface area contributed by atoms with Gasteiger partial charge in [-0.1, -0.05) is 60.8 Å². The second kappa shape index (κ2) is 13.1. The molecular weight excluding hydrogens is 511 g/mol. The van der Waals surface area contributed by atoms with Gasteiger partial charge < -0.3 is 10.2 Å². The summed E-state index contributed by atoms with van der Waals surface area (Å²) in [6.45, 7) is 3.49. The van der Waals surface area contributed by atoms with Crippen molar-refractivity contribution < 1.29 is 18.0 Å². The minimum atomic E-state index is -4.01. The predicted molar refractivity (Wildman–Crippen MR) is 141 cm³/mol. The summed E-state index contributed by atoms with van der Waals surface area (Å²) in [7, 11) is -1.23. The van der Waals surface area contributed by atoms with E-state index in [0.717, 1.165) is 21.5 Å². The van der Waals surface area contributed by atoms with Gasteiger partial charge in [0, 0.05) is 42.8 Å². The first-order valence-corrected chi connectivity index (χ1v) is 13.4. The van der Waals surface area contributed by atoms with Gasteiger partial charge in [-0.25, -0.2) is 4.31 Å². The van der Waals surface area contributed by atoms with E-state index in [9.17, 15) is 18.0 Å². The van der Waals surface area contributed by atoms with Crippen LogP contribution in [-0.4, -0.2) is 62.7 Å². The Morgan fingerprint density at radius 3 is 2.14 bits per heavy atom. The van der Waals surface area contributed by atoms with Crippen molar-refractivity contribution in [1.29, 1.82) is 0 Å². The van der Waals surface area contributed by atoms with E-state index in [1.807, 2.05) is 6.92 Å². The highest BCUT2D eigenvalue weighted by Crippen LogP contribution is 2.27. The number of para-hydroxylation sites is 1. The van der Waals surface area contributed by atoms with Gasteiger partial charge in [-0.15, -0.1) is 0 Å². The van der Waals surface area contributed by atoms with Crippen molar-refractivity contribution in [1.82, 2.24) is 14.5 Å². The number of hydrogen-bond donors (Lipinski definition) is 1. The second-order valence-electron chi connectivity index (χ2n) is 8.17. The highest BCUT2D eigenvalue weighted by molar-refractivity contribution is 7.90. The van der Waals surface area contributed by atoms with Crippen LogP contribution in [0.25, 0.3) is 0 Å². The molecule has 1 unspecified atom stereocenters. The molecule has 2 aromatic rings. The highest BCUT2D eigenvalue weighted by atomic mass is 35.5. The van der Waals surface area contributed by atoms with Crippen molar-refractivity contribution in [2.75, 3.05) is 31.5 Å². The average molecular weight is 544 g/mol. The first-order chi connectivity index (χ1) is 16.5. The van der Waals surface area contributed by atoms with Crippen LogP contribution in [0.5, 0.6) is 0 Å². The Labute approximate surface area is 218 Å². The summed E-state index contributed by atoms with van der Waals surface area (Å²) in [6, 6.07) is 12.4. The van der Waals surface area contributed by atoms with Crippen molar-refractivity contribution >= 4 is 50.9 Å². The molecule has 11 heteroatoms. The number of nitrogens with zero attached hydrogens (tertiary/aromatic N) is 3. The zero-order valence-corrected chi connectivity index (χ0v) is 22.7. The van der Waals surface area contributed by atoms with Gasteiger partial charge in [0.2, 0.25) is 11.8 Å². The molecule has 0 heterocycles. The van der Waals surface area contributed by atoms with Gasteiger partial charge in [-0.2, -0.15) is 12.7 Å². The SMILES string of the molecule is CCCCNC(=O)C(C)N(Cc1c(Cl)cccc1Cl)C(=O)CN(c1ccccc1)S(=O)(=O)N(C)C. The first kappa shape index (κ1) is 28.9. The molecule has 0 aromatic heterocycles. The summed E-state index contributed by atoms with van der Waals surface area (Å²) in [4.78, 5) is 27.8. The van der Waals surface area contributed by atoms with E-state index in [1.54, 1.807) is 55.5 Å². The maximum atomic E-state index is 13.6. The van der Waals surface area contributed by atoms with Crippen LogP contribution in [0, 0.1) is 0 Å². The fourth-order valence-electron chi connectivity index (χ4n) is 3.28. The molecule has 0 aliphatic heterocycles. The van der Waals surface area contributed by atoms with Crippen LogP contribution in [0.4, 0.5) is 5.69 Å². The van der Waals surface area contributed by atoms with Gasteiger partial charge in [0.15, 0.2) is 0 Å². The molecule has 2 amide bonds. The number of halogens is 2. The molecule has 0 radical (unpaired) electrons. The third kappa shape index (κ3) is 7.57. The molecule has 1 atom stereocenters. The van der Waals surface area contributed by atoms with Gasteiger partial charge in [0.1, 0.15) is 12.6 Å². The number of nitrogens with one attached hydrogen (secondary N) is 1. The number of anilines is 1. The molecule has 0 spiro atoms. The maximum Gasteiger partial charge on any atom is 0.304 e. The molecule has 2 rings (SSSR count). The van der Waals surface area contributed by atoms with Gasteiger partial charge in [0.25, 0.3) is 0 Å². The zero-order chi connectivity index (χ0) is 26.2. The molecule has 0 fully saturated rings. The number of carbonyl (C=O) groups excluding carboxylic acids is 2. The highest BCUT2D eigenvalue weighted by Gasteiger charge is 2.33. The molecule has 0 saturated carbocycles. The summed E-state index contributed by atoms with van der Waals surface area (Å²) in [5, 5.41) is 3.51. The summed E-state index contributed by atoms with van der Waals surface area (Å²) >= 11 is 12.7. The molecule has 35 heavy (non-hydrogen) atoms. The number of unbranched alkanes of at least 4 members (excludes halogenated alkanes) is 1.